The lowest BCUT2D eigenvalue weighted by Crippen LogP contribution is -2.34. The molecule has 0 saturated heterocycles. The molecule has 5 nitrogen and oxygen atoms in total. The lowest BCUT2D eigenvalue weighted by molar-refractivity contribution is -0.143. The van der Waals surface area contributed by atoms with Crippen LogP contribution in [0, 0.1) is 0 Å². The summed E-state index contributed by atoms with van der Waals surface area (Å²) in [6.45, 7) is 2.07. The van der Waals surface area contributed by atoms with Crippen LogP contribution in [0.15, 0.2) is 30.5 Å². The fraction of sp³-hybridized carbons (Fsp3) is 0.375. The molecule has 136 valence electrons. The number of carbonyl (C=O) groups is 1. The van der Waals surface area contributed by atoms with E-state index in [2.05, 4.69) is 10.4 Å². The van der Waals surface area contributed by atoms with Gasteiger partial charge in [0.1, 0.15) is 0 Å². The van der Waals surface area contributed by atoms with Crippen molar-refractivity contribution in [3.63, 3.8) is 0 Å². The van der Waals surface area contributed by atoms with Crippen LogP contribution in [0.1, 0.15) is 29.4 Å². The molecule has 0 aliphatic carbocycles. The molecule has 1 heterocycles. The monoisotopic (exact) mass is 375 g/mol. The Kier molecular flexibility index (Phi) is 6.07. The Morgan fingerprint density at radius 2 is 2.16 bits per heavy atom. The Morgan fingerprint density at radius 1 is 1.44 bits per heavy atom. The molecule has 1 amide bonds. The minimum Gasteiger partial charge on any atom is -0.385 e. The van der Waals surface area contributed by atoms with Crippen LogP contribution in [-0.4, -0.2) is 35.4 Å². The Hall–Kier alpha value is -2.06. The van der Waals surface area contributed by atoms with Gasteiger partial charge in [0.05, 0.1) is 17.4 Å². The predicted molar refractivity (Wildman–Crippen MR) is 87.0 cm³/mol. The van der Waals surface area contributed by atoms with Crippen molar-refractivity contribution in [3.05, 3.63) is 46.7 Å². The molecule has 0 aliphatic rings. The third kappa shape index (κ3) is 4.73. The Balaban J connectivity index is 2.38. The van der Waals surface area contributed by atoms with Crippen molar-refractivity contribution in [1.29, 1.82) is 0 Å². The minimum absolute atomic E-state index is 0.117. The molecule has 2 rings (SSSR count). The van der Waals surface area contributed by atoms with E-state index in [9.17, 15) is 18.0 Å². The van der Waals surface area contributed by atoms with Gasteiger partial charge in [0, 0.05) is 24.8 Å². The fourth-order valence-corrected chi connectivity index (χ4v) is 2.44. The molecule has 2 aromatic rings. The van der Waals surface area contributed by atoms with Gasteiger partial charge in [0.2, 0.25) is 0 Å². The molecule has 0 bridgehead atoms. The number of nitrogens with zero attached hydrogens (tertiary/aromatic N) is 2. The van der Waals surface area contributed by atoms with Crippen LogP contribution in [0.5, 0.6) is 0 Å². The lowest BCUT2D eigenvalue weighted by Gasteiger charge is -2.15. The third-order valence-corrected chi connectivity index (χ3v) is 3.70. The van der Waals surface area contributed by atoms with Gasteiger partial charge in [-0.1, -0.05) is 17.7 Å². The highest BCUT2D eigenvalue weighted by atomic mass is 35.5. The summed E-state index contributed by atoms with van der Waals surface area (Å²) in [5.41, 5.74) is -1.57. The molecule has 1 N–H and O–H groups in total. The first-order valence-corrected chi connectivity index (χ1v) is 7.82. The molecule has 0 radical (unpaired) electrons. The maximum absolute atomic E-state index is 13.5. The predicted octanol–water partition coefficient (Wildman–Crippen LogP) is 3.70. The van der Waals surface area contributed by atoms with Gasteiger partial charge in [0.25, 0.3) is 5.91 Å². The first kappa shape index (κ1) is 19.3. The zero-order valence-electron chi connectivity index (χ0n) is 13.6. The minimum atomic E-state index is -4.76. The van der Waals surface area contributed by atoms with E-state index in [1.807, 2.05) is 0 Å². The average Bonchev–Trinajstić information content (AvgIpc) is 2.98. The topological polar surface area (TPSA) is 56.1 Å². The summed E-state index contributed by atoms with van der Waals surface area (Å²) in [4.78, 5) is 12.3. The van der Waals surface area contributed by atoms with E-state index in [0.717, 1.165) is 6.20 Å². The molecule has 1 atom stereocenters. The van der Waals surface area contributed by atoms with E-state index in [-0.39, 0.29) is 16.8 Å². The summed E-state index contributed by atoms with van der Waals surface area (Å²) in [7, 11) is 1.51. The van der Waals surface area contributed by atoms with Gasteiger partial charge in [-0.25, -0.2) is 4.68 Å². The van der Waals surface area contributed by atoms with Gasteiger partial charge >= 0.3 is 6.18 Å². The molecule has 1 aromatic heterocycles. The molecular formula is C16H17ClF3N3O2. The molecule has 1 aromatic carbocycles. The second-order valence-electron chi connectivity index (χ2n) is 5.45. The molecule has 0 aliphatic heterocycles. The lowest BCUT2D eigenvalue weighted by atomic mass is 10.2. The van der Waals surface area contributed by atoms with Crippen molar-refractivity contribution in [1.82, 2.24) is 15.1 Å². The molecule has 0 spiro atoms. The van der Waals surface area contributed by atoms with Crippen molar-refractivity contribution >= 4 is 17.5 Å². The molecule has 0 saturated carbocycles. The van der Waals surface area contributed by atoms with Gasteiger partial charge in [-0.05, 0) is 31.5 Å². The number of nitrogens with one attached hydrogen (secondary N) is 1. The normalized spacial score (nSPS) is 12.9. The summed E-state index contributed by atoms with van der Waals surface area (Å²) < 4.78 is 46.2. The van der Waals surface area contributed by atoms with Crippen LogP contribution in [0.3, 0.4) is 0 Å². The summed E-state index contributed by atoms with van der Waals surface area (Å²) in [6.07, 6.45) is -3.38. The highest BCUT2D eigenvalue weighted by molar-refractivity contribution is 6.30. The zero-order valence-corrected chi connectivity index (χ0v) is 14.4. The molecule has 0 unspecified atom stereocenters. The second-order valence-corrected chi connectivity index (χ2v) is 5.89. The summed E-state index contributed by atoms with van der Waals surface area (Å²) in [6, 6.07) is 5.46. The average molecular weight is 376 g/mol. The van der Waals surface area contributed by atoms with E-state index >= 15 is 0 Å². The second kappa shape index (κ2) is 7.88. The van der Waals surface area contributed by atoms with E-state index in [4.69, 9.17) is 16.3 Å². The number of carbonyl (C=O) groups excluding carboxylic acids is 1. The highest BCUT2D eigenvalue weighted by Crippen LogP contribution is 2.34. The number of methoxy groups -OCH3 is 1. The maximum atomic E-state index is 13.5. The van der Waals surface area contributed by atoms with Crippen LogP contribution >= 0.6 is 11.6 Å². The van der Waals surface area contributed by atoms with Gasteiger partial charge in [-0.15, -0.1) is 0 Å². The molecular weight excluding hydrogens is 359 g/mol. The van der Waals surface area contributed by atoms with Crippen LogP contribution in [-0.2, 0) is 10.9 Å². The molecule has 0 fully saturated rings. The quantitative estimate of drug-likeness (QED) is 0.837. The maximum Gasteiger partial charge on any atom is 0.434 e. The summed E-state index contributed by atoms with van der Waals surface area (Å²) in [5.74, 6) is -0.843. The van der Waals surface area contributed by atoms with Crippen LogP contribution in [0.4, 0.5) is 13.2 Å². The highest BCUT2D eigenvalue weighted by Gasteiger charge is 2.40. The SMILES string of the molecule is COCC[C@@H](C)NC(=O)c1cnn(-c2cccc(Cl)c2)c1C(F)(F)F. The number of benzene rings is 1. The van der Waals surface area contributed by atoms with Crippen molar-refractivity contribution in [3.8, 4) is 5.69 Å². The number of alkyl halides is 3. The van der Waals surface area contributed by atoms with Crippen LogP contribution in [0.2, 0.25) is 5.02 Å². The molecule has 9 heteroatoms. The van der Waals surface area contributed by atoms with E-state index < -0.39 is 23.3 Å². The number of rotatable bonds is 6. The number of hydrogen-bond donors (Lipinski definition) is 1. The largest absolute Gasteiger partial charge is 0.434 e. The van der Waals surface area contributed by atoms with Crippen molar-refractivity contribution in [2.45, 2.75) is 25.6 Å². The van der Waals surface area contributed by atoms with Gasteiger partial charge in [-0.2, -0.15) is 18.3 Å². The number of aromatic nitrogens is 2. The van der Waals surface area contributed by atoms with Crippen LogP contribution in [0.25, 0.3) is 5.69 Å². The van der Waals surface area contributed by atoms with Crippen LogP contribution < -0.4 is 5.32 Å². The van der Waals surface area contributed by atoms with Crippen molar-refractivity contribution < 1.29 is 22.7 Å². The van der Waals surface area contributed by atoms with Crippen molar-refractivity contribution in [2.24, 2.45) is 0 Å². The molecule has 25 heavy (non-hydrogen) atoms. The Labute approximate surface area is 147 Å². The van der Waals surface area contributed by atoms with Gasteiger partial charge < -0.3 is 10.1 Å². The fourth-order valence-electron chi connectivity index (χ4n) is 2.26. The van der Waals surface area contributed by atoms with E-state index in [0.29, 0.717) is 17.7 Å². The Bertz CT molecular complexity index is 746. The van der Waals surface area contributed by atoms with Crippen molar-refractivity contribution in [2.75, 3.05) is 13.7 Å². The first-order chi connectivity index (χ1) is 11.7. The zero-order chi connectivity index (χ0) is 18.6. The standard InChI is InChI=1S/C16H17ClF3N3O2/c1-10(6-7-25-2)22-15(24)13-9-21-23(14(13)16(18,19)20)12-5-3-4-11(17)8-12/h3-5,8-10H,6-7H2,1-2H3,(H,22,24)/t10-/m1/s1. The van der Waals surface area contributed by atoms with Gasteiger partial charge in [0.15, 0.2) is 5.69 Å². The smallest absolute Gasteiger partial charge is 0.385 e. The van der Waals surface area contributed by atoms with Gasteiger partial charge in [-0.3, -0.25) is 4.79 Å². The number of amides is 1. The summed E-state index contributed by atoms with van der Waals surface area (Å²) in [5, 5.41) is 6.52. The van der Waals surface area contributed by atoms with E-state index in [1.54, 1.807) is 6.92 Å². The Morgan fingerprint density at radius 3 is 2.76 bits per heavy atom. The van der Waals surface area contributed by atoms with E-state index in [1.165, 1.54) is 31.4 Å². The first-order valence-electron chi connectivity index (χ1n) is 7.45. The number of halogens is 4. The number of ether oxygens (including phenoxy) is 1. The third-order valence-electron chi connectivity index (χ3n) is 3.47. The summed E-state index contributed by atoms with van der Waals surface area (Å²) >= 11 is 5.83. The number of hydrogen-bond acceptors (Lipinski definition) is 3.